The van der Waals surface area contributed by atoms with E-state index in [1.807, 2.05) is 0 Å². The molecular weight excluding hydrogens is 162 g/mol. The molecule has 1 rings (SSSR count). The summed E-state index contributed by atoms with van der Waals surface area (Å²) in [6.45, 7) is 5.38. The van der Waals surface area contributed by atoms with Crippen LogP contribution in [0.15, 0.2) is 0 Å². The smallest absolute Gasteiger partial charge is 0.0589 e. The van der Waals surface area contributed by atoms with Crippen LogP contribution in [0.2, 0.25) is 0 Å². The lowest BCUT2D eigenvalue weighted by atomic mass is 9.93. The molecule has 0 aliphatic heterocycles. The standard InChI is InChI=1S/C11H23NO/c1-9(2)6-7-13-11-5-3-4-10(12)8-11/h9-11H,3-8,12H2,1-2H3. The van der Waals surface area contributed by atoms with Crippen LogP contribution >= 0.6 is 0 Å². The Kier molecular flexibility index (Phi) is 4.74. The third-order valence-electron chi connectivity index (χ3n) is 2.72. The maximum atomic E-state index is 5.88. The second kappa shape index (κ2) is 5.61. The van der Waals surface area contributed by atoms with Crippen LogP contribution in [0.5, 0.6) is 0 Å². The largest absolute Gasteiger partial charge is 0.378 e. The summed E-state index contributed by atoms with van der Waals surface area (Å²) in [6, 6.07) is 0.387. The van der Waals surface area contributed by atoms with Gasteiger partial charge in [-0.15, -0.1) is 0 Å². The van der Waals surface area contributed by atoms with Crippen LogP contribution in [0.3, 0.4) is 0 Å². The van der Waals surface area contributed by atoms with Crippen molar-refractivity contribution in [3.63, 3.8) is 0 Å². The second-order valence-electron chi connectivity index (χ2n) is 4.60. The zero-order valence-corrected chi connectivity index (χ0v) is 8.96. The van der Waals surface area contributed by atoms with E-state index in [9.17, 15) is 0 Å². The number of ether oxygens (including phenoxy) is 1. The van der Waals surface area contributed by atoms with Gasteiger partial charge in [0.25, 0.3) is 0 Å². The quantitative estimate of drug-likeness (QED) is 0.729. The zero-order valence-electron chi connectivity index (χ0n) is 8.96. The molecule has 0 bridgehead atoms. The maximum absolute atomic E-state index is 5.88. The molecule has 1 fully saturated rings. The van der Waals surface area contributed by atoms with Gasteiger partial charge < -0.3 is 10.5 Å². The molecule has 0 saturated heterocycles. The fraction of sp³-hybridized carbons (Fsp3) is 1.00. The van der Waals surface area contributed by atoms with Crippen molar-refractivity contribution in [3.05, 3.63) is 0 Å². The van der Waals surface area contributed by atoms with E-state index in [1.54, 1.807) is 0 Å². The molecule has 2 heteroatoms. The number of nitrogens with two attached hydrogens (primary N) is 1. The highest BCUT2D eigenvalue weighted by Crippen LogP contribution is 2.20. The third kappa shape index (κ3) is 4.63. The molecule has 78 valence electrons. The van der Waals surface area contributed by atoms with E-state index in [-0.39, 0.29) is 0 Å². The van der Waals surface area contributed by atoms with Crippen LogP contribution in [-0.4, -0.2) is 18.8 Å². The van der Waals surface area contributed by atoms with Crippen LogP contribution < -0.4 is 5.73 Å². The predicted molar refractivity (Wildman–Crippen MR) is 55.6 cm³/mol. The molecule has 1 saturated carbocycles. The first-order valence-electron chi connectivity index (χ1n) is 5.55. The van der Waals surface area contributed by atoms with E-state index in [0.29, 0.717) is 12.1 Å². The first kappa shape index (κ1) is 11.0. The Labute approximate surface area is 81.8 Å². The highest BCUT2D eigenvalue weighted by Gasteiger charge is 2.19. The van der Waals surface area contributed by atoms with Crippen molar-refractivity contribution in [1.29, 1.82) is 0 Å². The zero-order chi connectivity index (χ0) is 9.68. The predicted octanol–water partition coefficient (Wildman–Crippen LogP) is 2.32. The number of hydrogen-bond acceptors (Lipinski definition) is 2. The van der Waals surface area contributed by atoms with E-state index in [0.717, 1.165) is 18.9 Å². The van der Waals surface area contributed by atoms with E-state index in [4.69, 9.17) is 10.5 Å². The Morgan fingerprint density at radius 2 is 2.15 bits per heavy atom. The van der Waals surface area contributed by atoms with E-state index < -0.39 is 0 Å². The SMILES string of the molecule is CC(C)CCOC1CCCC(N)C1. The minimum Gasteiger partial charge on any atom is -0.378 e. The highest BCUT2D eigenvalue weighted by atomic mass is 16.5. The summed E-state index contributed by atoms with van der Waals surface area (Å²) in [6.07, 6.45) is 6.33. The molecule has 13 heavy (non-hydrogen) atoms. The van der Waals surface area contributed by atoms with Crippen molar-refractivity contribution in [1.82, 2.24) is 0 Å². The van der Waals surface area contributed by atoms with Gasteiger partial charge in [-0.2, -0.15) is 0 Å². The van der Waals surface area contributed by atoms with Crippen LogP contribution in [0, 0.1) is 5.92 Å². The molecule has 0 heterocycles. The van der Waals surface area contributed by atoms with Crippen molar-refractivity contribution in [2.75, 3.05) is 6.61 Å². The molecule has 2 unspecified atom stereocenters. The summed E-state index contributed by atoms with van der Waals surface area (Å²) in [5.41, 5.74) is 5.88. The van der Waals surface area contributed by atoms with E-state index in [1.165, 1.54) is 25.7 Å². The molecule has 1 aliphatic rings. The van der Waals surface area contributed by atoms with Crippen molar-refractivity contribution in [3.8, 4) is 0 Å². The molecule has 2 atom stereocenters. The first-order chi connectivity index (χ1) is 6.18. The van der Waals surface area contributed by atoms with Crippen molar-refractivity contribution in [2.45, 2.75) is 58.1 Å². The lowest BCUT2D eigenvalue weighted by molar-refractivity contribution is 0.0183. The molecule has 2 N–H and O–H groups in total. The first-order valence-corrected chi connectivity index (χ1v) is 5.55. The van der Waals surface area contributed by atoms with E-state index in [2.05, 4.69) is 13.8 Å². The maximum Gasteiger partial charge on any atom is 0.0589 e. The average Bonchev–Trinajstić information content (AvgIpc) is 2.03. The number of hydrogen-bond donors (Lipinski definition) is 1. The Hall–Kier alpha value is -0.0800. The normalized spacial score (nSPS) is 29.5. The Bertz CT molecular complexity index is 136. The third-order valence-corrected chi connectivity index (χ3v) is 2.72. The van der Waals surface area contributed by atoms with Gasteiger partial charge in [-0.05, 0) is 38.0 Å². The monoisotopic (exact) mass is 185 g/mol. The molecule has 0 spiro atoms. The van der Waals surface area contributed by atoms with Crippen molar-refractivity contribution in [2.24, 2.45) is 11.7 Å². The van der Waals surface area contributed by atoms with Gasteiger partial charge >= 0.3 is 0 Å². The fourth-order valence-electron chi connectivity index (χ4n) is 1.80. The Morgan fingerprint density at radius 1 is 1.38 bits per heavy atom. The lowest BCUT2D eigenvalue weighted by Crippen LogP contribution is -2.32. The van der Waals surface area contributed by atoms with Gasteiger partial charge in [-0.25, -0.2) is 0 Å². The van der Waals surface area contributed by atoms with Gasteiger partial charge in [-0.3, -0.25) is 0 Å². The van der Waals surface area contributed by atoms with Gasteiger partial charge in [0, 0.05) is 12.6 Å². The summed E-state index contributed by atoms with van der Waals surface area (Å²) in [5, 5.41) is 0. The molecule has 2 nitrogen and oxygen atoms in total. The topological polar surface area (TPSA) is 35.2 Å². The average molecular weight is 185 g/mol. The highest BCUT2D eigenvalue weighted by molar-refractivity contribution is 4.75. The van der Waals surface area contributed by atoms with Gasteiger partial charge in [0.15, 0.2) is 0 Å². The summed E-state index contributed by atoms with van der Waals surface area (Å²) >= 11 is 0. The second-order valence-corrected chi connectivity index (χ2v) is 4.60. The van der Waals surface area contributed by atoms with Crippen LogP contribution in [0.4, 0.5) is 0 Å². The van der Waals surface area contributed by atoms with Gasteiger partial charge in [0.2, 0.25) is 0 Å². The molecule has 0 amide bonds. The molecule has 0 aromatic heterocycles. The minimum absolute atomic E-state index is 0.387. The van der Waals surface area contributed by atoms with Crippen LogP contribution in [0.1, 0.15) is 46.0 Å². The molecule has 0 radical (unpaired) electrons. The van der Waals surface area contributed by atoms with Gasteiger partial charge in [0.05, 0.1) is 6.10 Å². The summed E-state index contributed by atoms with van der Waals surface area (Å²) in [7, 11) is 0. The van der Waals surface area contributed by atoms with Crippen LogP contribution in [0.25, 0.3) is 0 Å². The molecule has 0 aromatic rings. The molecular formula is C11H23NO. The summed E-state index contributed by atoms with van der Waals surface area (Å²) in [5.74, 6) is 0.747. The van der Waals surface area contributed by atoms with E-state index >= 15 is 0 Å². The Morgan fingerprint density at radius 3 is 2.77 bits per heavy atom. The molecule has 0 aromatic carbocycles. The fourth-order valence-corrected chi connectivity index (χ4v) is 1.80. The van der Waals surface area contributed by atoms with Crippen LogP contribution in [-0.2, 0) is 4.74 Å². The van der Waals surface area contributed by atoms with Gasteiger partial charge in [0.1, 0.15) is 0 Å². The lowest BCUT2D eigenvalue weighted by Gasteiger charge is -2.26. The minimum atomic E-state index is 0.387. The van der Waals surface area contributed by atoms with Gasteiger partial charge in [-0.1, -0.05) is 13.8 Å². The Balaban J connectivity index is 2.06. The number of rotatable bonds is 4. The van der Waals surface area contributed by atoms with Crippen molar-refractivity contribution >= 4 is 0 Å². The summed E-state index contributed by atoms with van der Waals surface area (Å²) in [4.78, 5) is 0. The van der Waals surface area contributed by atoms with Crippen molar-refractivity contribution < 1.29 is 4.74 Å². The summed E-state index contributed by atoms with van der Waals surface area (Å²) < 4.78 is 5.78. The molecule has 1 aliphatic carbocycles.